The van der Waals surface area contributed by atoms with E-state index in [1.165, 1.54) is 37.7 Å². The third-order valence-corrected chi connectivity index (χ3v) is 5.17. The second-order valence-electron chi connectivity index (χ2n) is 6.57. The molecule has 1 aromatic carbocycles. The molecule has 2 aliphatic rings. The minimum Gasteiger partial charge on any atom is -0.354 e. The van der Waals surface area contributed by atoms with Crippen LogP contribution in [0.3, 0.4) is 0 Å². The predicted octanol–water partition coefficient (Wildman–Crippen LogP) is 3.18. The fraction of sp³-hybridized carbons (Fsp3) is 0.611. The molecule has 1 amide bonds. The van der Waals surface area contributed by atoms with Crippen LogP contribution in [-0.4, -0.2) is 25.0 Å². The van der Waals surface area contributed by atoms with E-state index in [4.69, 9.17) is 0 Å². The first-order chi connectivity index (χ1) is 10.3. The summed E-state index contributed by atoms with van der Waals surface area (Å²) in [7, 11) is 0. The van der Waals surface area contributed by atoms with E-state index < -0.39 is 0 Å². The van der Waals surface area contributed by atoms with E-state index in [1.807, 2.05) is 0 Å². The zero-order valence-electron chi connectivity index (χ0n) is 13.1. The lowest BCUT2D eigenvalue weighted by Gasteiger charge is -2.31. The van der Waals surface area contributed by atoms with Crippen molar-refractivity contribution in [1.29, 1.82) is 0 Å². The van der Waals surface area contributed by atoms with E-state index in [1.54, 1.807) is 0 Å². The van der Waals surface area contributed by atoms with Crippen molar-refractivity contribution in [1.82, 2.24) is 10.6 Å². The van der Waals surface area contributed by atoms with Crippen molar-refractivity contribution >= 4 is 18.3 Å². The standard InChI is InChI=1S/C18H26N2O.ClH/c21-17(16-10-4-7-13-19-16)20-14-18(11-5-6-12-18)15-8-2-1-3-9-15;/h1-3,8-9,16,19H,4-7,10-14H2,(H,20,21);1H. The number of piperidine rings is 1. The van der Waals surface area contributed by atoms with Gasteiger partial charge in [-0.1, -0.05) is 49.6 Å². The third kappa shape index (κ3) is 3.82. The number of amides is 1. The summed E-state index contributed by atoms with van der Waals surface area (Å²) in [4.78, 5) is 12.4. The zero-order valence-corrected chi connectivity index (χ0v) is 14.0. The van der Waals surface area contributed by atoms with Gasteiger partial charge in [0.05, 0.1) is 6.04 Å². The first kappa shape index (κ1) is 17.3. The molecular weight excluding hydrogens is 296 g/mol. The van der Waals surface area contributed by atoms with Crippen molar-refractivity contribution in [2.45, 2.75) is 56.4 Å². The smallest absolute Gasteiger partial charge is 0.237 e. The Morgan fingerprint density at radius 3 is 2.50 bits per heavy atom. The minimum absolute atomic E-state index is 0. The van der Waals surface area contributed by atoms with Crippen LogP contribution < -0.4 is 10.6 Å². The van der Waals surface area contributed by atoms with E-state index in [0.29, 0.717) is 0 Å². The Labute approximate surface area is 139 Å². The number of benzene rings is 1. The molecule has 1 heterocycles. The maximum atomic E-state index is 12.4. The van der Waals surface area contributed by atoms with Gasteiger partial charge >= 0.3 is 0 Å². The highest BCUT2D eigenvalue weighted by Crippen LogP contribution is 2.40. The molecule has 1 atom stereocenters. The number of carbonyl (C=O) groups excluding carboxylic acids is 1. The Morgan fingerprint density at radius 2 is 1.86 bits per heavy atom. The summed E-state index contributed by atoms with van der Waals surface area (Å²) in [6.45, 7) is 1.76. The molecule has 1 aromatic rings. The van der Waals surface area contributed by atoms with Crippen LogP contribution >= 0.6 is 12.4 Å². The molecule has 1 unspecified atom stereocenters. The van der Waals surface area contributed by atoms with Crippen LogP contribution in [-0.2, 0) is 10.2 Å². The van der Waals surface area contributed by atoms with E-state index in [9.17, 15) is 4.79 Å². The normalized spacial score (nSPS) is 23.5. The lowest BCUT2D eigenvalue weighted by molar-refractivity contribution is -0.123. The van der Waals surface area contributed by atoms with E-state index in [0.717, 1.165) is 25.9 Å². The van der Waals surface area contributed by atoms with Gasteiger partial charge in [0.15, 0.2) is 0 Å². The molecule has 0 bridgehead atoms. The molecule has 2 fully saturated rings. The fourth-order valence-electron chi connectivity index (χ4n) is 3.87. The first-order valence-electron chi connectivity index (χ1n) is 8.37. The van der Waals surface area contributed by atoms with Gasteiger partial charge in [-0.25, -0.2) is 0 Å². The van der Waals surface area contributed by atoms with E-state index in [2.05, 4.69) is 41.0 Å². The molecule has 2 N–H and O–H groups in total. The van der Waals surface area contributed by atoms with Crippen molar-refractivity contribution in [3.8, 4) is 0 Å². The number of carbonyl (C=O) groups is 1. The van der Waals surface area contributed by atoms with Crippen LogP contribution in [0.15, 0.2) is 30.3 Å². The summed E-state index contributed by atoms with van der Waals surface area (Å²) in [5.41, 5.74) is 1.55. The molecule has 0 aromatic heterocycles. The summed E-state index contributed by atoms with van der Waals surface area (Å²) >= 11 is 0. The van der Waals surface area contributed by atoms with Crippen LogP contribution in [0.2, 0.25) is 0 Å². The van der Waals surface area contributed by atoms with Crippen molar-refractivity contribution in [3.05, 3.63) is 35.9 Å². The molecule has 1 aliphatic heterocycles. The largest absolute Gasteiger partial charge is 0.354 e. The molecule has 1 saturated heterocycles. The van der Waals surface area contributed by atoms with Crippen LogP contribution in [0.4, 0.5) is 0 Å². The molecule has 0 radical (unpaired) electrons. The van der Waals surface area contributed by atoms with Gasteiger partial charge in [-0.15, -0.1) is 12.4 Å². The molecule has 1 saturated carbocycles. The molecule has 22 heavy (non-hydrogen) atoms. The van der Waals surface area contributed by atoms with Crippen LogP contribution in [0.1, 0.15) is 50.5 Å². The van der Waals surface area contributed by atoms with Crippen molar-refractivity contribution in [3.63, 3.8) is 0 Å². The number of hydrogen-bond donors (Lipinski definition) is 2. The molecular formula is C18H27ClN2O. The summed E-state index contributed by atoms with van der Waals surface area (Å²) in [6, 6.07) is 10.7. The number of hydrogen-bond acceptors (Lipinski definition) is 2. The Balaban J connectivity index is 0.00000176. The highest BCUT2D eigenvalue weighted by Gasteiger charge is 2.36. The van der Waals surface area contributed by atoms with Crippen molar-refractivity contribution in [2.75, 3.05) is 13.1 Å². The molecule has 3 rings (SSSR count). The fourth-order valence-corrected chi connectivity index (χ4v) is 3.87. The maximum Gasteiger partial charge on any atom is 0.237 e. The Hall–Kier alpha value is -1.06. The number of halogens is 1. The number of rotatable bonds is 4. The summed E-state index contributed by atoms with van der Waals surface area (Å²) in [5.74, 6) is 0.192. The third-order valence-electron chi connectivity index (χ3n) is 5.17. The lowest BCUT2D eigenvalue weighted by Crippen LogP contribution is -2.49. The summed E-state index contributed by atoms with van der Waals surface area (Å²) in [5, 5.41) is 6.57. The first-order valence-corrected chi connectivity index (χ1v) is 8.37. The molecule has 1 aliphatic carbocycles. The predicted molar refractivity (Wildman–Crippen MR) is 92.5 cm³/mol. The van der Waals surface area contributed by atoms with Gasteiger partial charge in [0.2, 0.25) is 5.91 Å². The molecule has 122 valence electrons. The van der Waals surface area contributed by atoms with Gasteiger partial charge in [0.25, 0.3) is 0 Å². The molecule has 0 spiro atoms. The second kappa shape index (κ2) is 7.98. The Kier molecular flexibility index (Phi) is 6.27. The summed E-state index contributed by atoms with van der Waals surface area (Å²) in [6.07, 6.45) is 8.25. The average molecular weight is 323 g/mol. The lowest BCUT2D eigenvalue weighted by atomic mass is 9.78. The van der Waals surface area contributed by atoms with E-state index in [-0.39, 0.29) is 29.8 Å². The van der Waals surface area contributed by atoms with Gasteiger partial charge in [-0.3, -0.25) is 4.79 Å². The topological polar surface area (TPSA) is 41.1 Å². The monoisotopic (exact) mass is 322 g/mol. The van der Waals surface area contributed by atoms with Gasteiger partial charge in [-0.05, 0) is 37.8 Å². The molecule has 4 heteroatoms. The SMILES string of the molecule is Cl.O=C(NCC1(c2ccccc2)CCCC1)C1CCCCN1. The highest BCUT2D eigenvalue weighted by atomic mass is 35.5. The minimum atomic E-state index is 0. The average Bonchev–Trinajstić information content (AvgIpc) is 3.04. The van der Waals surface area contributed by atoms with Gasteiger partial charge in [-0.2, -0.15) is 0 Å². The van der Waals surface area contributed by atoms with E-state index >= 15 is 0 Å². The van der Waals surface area contributed by atoms with Gasteiger partial charge in [0, 0.05) is 12.0 Å². The van der Waals surface area contributed by atoms with Crippen LogP contribution in [0, 0.1) is 0 Å². The summed E-state index contributed by atoms with van der Waals surface area (Å²) < 4.78 is 0. The van der Waals surface area contributed by atoms with Crippen molar-refractivity contribution in [2.24, 2.45) is 0 Å². The second-order valence-corrected chi connectivity index (χ2v) is 6.57. The van der Waals surface area contributed by atoms with Crippen LogP contribution in [0.25, 0.3) is 0 Å². The van der Waals surface area contributed by atoms with Gasteiger partial charge in [0.1, 0.15) is 0 Å². The highest BCUT2D eigenvalue weighted by molar-refractivity contribution is 5.85. The van der Waals surface area contributed by atoms with Crippen LogP contribution in [0.5, 0.6) is 0 Å². The Morgan fingerprint density at radius 1 is 1.14 bits per heavy atom. The quantitative estimate of drug-likeness (QED) is 0.894. The van der Waals surface area contributed by atoms with Gasteiger partial charge < -0.3 is 10.6 Å². The zero-order chi connectivity index (χ0) is 14.5. The Bertz CT molecular complexity index is 465. The maximum absolute atomic E-state index is 12.4. The molecule has 3 nitrogen and oxygen atoms in total. The number of nitrogens with one attached hydrogen (secondary N) is 2. The van der Waals surface area contributed by atoms with Crippen molar-refractivity contribution < 1.29 is 4.79 Å².